The molecule has 90 valence electrons. The predicted octanol–water partition coefficient (Wildman–Crippen LogP) is 1.12. The van der Waals surface area contributed by atoms with Crippen molar-refractivity contribution in [3.8, 4) is 0 Å². The summed E-state index contributed by atoms with van der Waals surface area (Å²) >= 11 is 0. The molecule has 1 rings (SSSR count). The van der Waals surface area contributed by atoms with E-state index in [-0.39, 0.29) is 5.91 Å². The van der Waals surface area contributed by atoms with E-state index in [1.54, 1.807) is 0 Å². The Hall–Kier alpha value is -1.29. The van der Waals surface area contributed by atoms with Gasteiger partial charge >= 0.3 is 0 Å². The van der Waals surface area contributed by atoms with Crippen LogP contribution in [-0.4, -0.2) is 23.6 Å². The van der Waals surface area contributed by atoms with E-state index < -0.39 is 0 Å². The highest BCUT2D eigenvalue weighted by molar-refractivity contribution is 5.75. The fourth-order valence-electron chi connectivity index (χ4n) is 1.52. The van der Waals surface area contributed by atoms with Crippen molar-refractivity contribution in [1.82, 2.24) is 15.2 Å². The zero-order valence-electron chi connectivity index (χ0n) is 10.1. The lowest BCUT2D eigenvalue weighted by Gasteiger charge is -2.03. The molecular formula is C12H21N3O. The molecule has 2 N–H and O–H groups in total. The molecule has 0 unspecified atom stereocenters. The van der Waals surface area contributed by atoms with Gasteiger partial charge in [0.2, 0.25) is 5.91 Å². The summed E-state index contributed by atoms with van der Waals surface area (Å²) in [6.07, 6.45) is 5.09. The van der Waals surface area contributed by atoms with Gasteiger partial charge in [-0.3, -0.25) is 4.79 Å². The van der Waals surface area contributed by atoms with Crippen LogP contribution in [0.1, 0.15) is 25.8 Å². The van der Waals surface area contributed by atoms with Gasteiger partial charge < -0.3 is 15.2 Å². The molecule has 1 amide bonds. The van der Waals surface area contributed by atoms with Crippen molar-refractivity contribution < 1.29 is 4.79 Å². The Kier molecular flexibility index (Phi) is 5.64. The SMILES string of the molecule is CCCNCc1ccn(CC(=O)NCC)c1. The van der Waals surface area contributed by atoms with Crippen LogP contribution >= 0.6 is 0 Å². The van der Waals surface area contributed by atoms with Gasteiger partial charge in [-0.25, -0.2) is 0 Å². The van der Waals surface area contributed by atoms with Crippen LogP contribution in [0.3, 0.4) is 0 Å². The quantitative estimate of drug-likeness (QED) is 0.681. The third kappa shape index (κ3) is 4.49. The van der Waals surface area contributed by atoms with Crippen LogP contribution in [0.2, 0.25) is 0 Å². The topological polar surface area (TPSA) is 46.1 Å². The highest BCUT2D eigenvalue weighted by Gasteiger charge is 2.01. The molecule has 4 heteroatoms. The minimum absolute atomic E-state index is 0.0613. The maximum Gasteiger partial charge on any atom is 0.239 e. The van der Waals surface area contributed by atoms with E-state index in [0.717, 1.165) is 19.5 Å². The third-order valence-electron chi connectivity index (χ3n) is 2.27. The molecule has 0 fully saturated rings. The van der Waals surface area contributed by atoms with Crippen LogP contribution in [-0.2, 0) is 17.9 Å². The first-order valence-corrected chi connectivity index (χ1v) is 5.88. The molecule has 0 aliphatic heterocycles. The summed E-state index contributed by atoms with van der Waals surface area (Å²) in [6.45, 7) is 7.06. The number of hydrogen-bond donors (Lipinski definition) is 2. The summed E-state index contributed by atoms with van der Waals surface area (Å²) in [4.78, 5) is 11.3. The second-order valence-electron chi connectivity index (χ2n) is 3.82. The van der Waals surface area contributed by atoms with Gasteiger partial charge in [-0.2, -0.15) is 0 Å². The zero-order chi connectivity index (χ0) is 11.8. The maximum absolute atomic E-state index is 11.3. The molecule has 0 aliphatic rings. The standard InChI is InChI=1S/C12H21N3O/c1-3-6-13-8-11-5-7-15(9-11)10-12(16)14-4-2/h5,7,9,13H,3-4,6,8,10H2,1-2H3,(H,14,16). The van der Waals surface area contributed by atoms with E-state index in [2.05, 4.69) is 17.6 Å². The first-order chi connectivity index (χ1) is 7.76. The number of carbonyl (C=O) groups excluding carboxylic acids is 1. The molecular weight excluding hydrogens is 202 g/mol. The largest absolute Gasteiger partial charge is 0.355 e. The predicted molar refractivity (Wildman–Crippen MR) is 65.1 cm³/mol. The van der Waals surface area contributed by atoms with Gasteiger partial charge in [0.05, 0.1) is 0 Å². The van der Waals surface area contributed by atoms with E-state index >= 15 is 0 Å². The van der Waals surface area contributed by atoms with Crippen molar-refractivity contribution in [1.29, 1.82) is 0 Å². The number of carbonyl (C=O) groups is 1. The monoisotopic (exact) mass is 223 g/mol. The van der Waals surface area contributed by atoms with E-state index in [1.807, 2.05) is 30.0 Å². The molecule has 16 heavy (non-hydrogen) atoms. The van der Waals surface area contributed by atoms with Crippen molar-refractivity contribution in [2.24, 2.45) is 0 Å². The molecule has 0 radical (unpaired) electrons. The number of nitrogens with zero attached hydrogens (tertiary/aromatic N) is 1. The van der Waals surface area contributed by atoms with Gasteiger partial charge in [-0.05, 0) is 31.5 Å². The first kappa shape index (κ1) is 12.8. The van der Waals surface area contributed by atoms with Crippen molar-refractivity contribution in [3.63, 3.8) is 0 Å². The van der Waals surface area contributed by atoms with Gasteiger partial charge in [-0.15, -0.1) is 0 Å². The molecule has 1 heterocycles. The number of aromatic nitrogens is 1. The molecule has 0 aliphatic carbocycles. The summed E-state index contributed by atoms with van der Waals surface area (Å²) in [5.41, 5.74) is 1.22. The van der Waals surface area contributed by atoms with Crippen LogP contribution in [0.15, 0.2) is 18.5 Å². The van der Waals surface area contributed by atoms with E-state index in [9.17, 15) is 4.79 Å². The Balaban J connectivity index is 2.36. The average molecular weight is 223 g/mol. The van der Waals surface area contributed by atoms with E-state index in [0.29, 0.717) is 13.1 Å². The Labute approximate surface area is 97.0 Å². The molecule has 4 nitrogen and oxygen atoms in total. The van der Waals surface area contributed by atoms with Crippen LogP contribution in [0.5, 0.6) is 0 Å². The first-order valence-electron chi connectivity index (χ1n) is 5.88. The smallest absolute Gasteiger partial charge is 0.239 e. The number of nitrogens with one attached hydrogen (secondary N) is 2. The highest BCUT2D eigenvalue weighted by Crippen LogP contribution is 2.00. The van der Waals surface area contributed by atoms with Gasteiger partial charge in [0.15, 0.2) is 0 Å². The Morgan fingerprint density at radius 1 is 1.44 bits per heavy atom. The van der Waals surface area contributed by atoms with Crippen molar-refractivity contribution in [2.45, 2.75) is 33.4 Å². The molecule has 0 bridgehead atoms. The normalized spacial score (nSPS) is 10.4. The lowest BCUT2D eigenvalue weighted by atomic mass is 10.3. The second-order valence-corrected chi connectivity index (χ2v) is 3.82. The van der Waals surface area contributed by atoms with Gasteiger partial charge in [0, 0.05) is 25.5 Å². The molecule has 0 atom stereocenters. The van der Waals surface area contributed by atoms with E-state index in [1.165, 1.54) is 5.56 Å². The Bertz CT molecular complexity index is 320. The zero-order valence-corrected chi connectivity index (χ0v) is 10.1. The fraction of sp³-hybridized carbons (Fsp3) is 0.583. The second kappa shape index (κ2) is 7.06. The van der Waals surface area contributed by atoms with Crippen molar-refractivity contribution >= 4 is 5.91 Å². The van der Waals surface area contributed by atoms with Crippen molar-refractivity contribution in [2.75, 3.05) is 13.1 Å². The fourth-order valence-corrected chi connectivity index (χ4v) is 1.52. The van der Waals surface area contributed by atoms with Crippen LogP contribution in [0.25, 0.3) is 0 Å². The van der Waals surface area contributed by atoms with Crippen molar-refractivity contribution in [3.05, 3.63) is 24.0 Å². The number of amides is 1. The summed E-state index contributed by atoms with van der Waals surface area (Å²) in [6, 6.07) is 2.04. The number of rotatable bonds is 7. The van der Waals surface area contributed by atoms with E-state index in [4.69, 9.17) is 0 Å². The highest BCUT2D eigenvalue weighted by atomic mass is 16.1. The molecule has 0 saturated carbocycles. The van der Waals surface area contributed by atoms with Gasteiger partial charge in [0.1, 0.15) is 6.54 Å². The van der Waals surface area contributed by atoms with Gasteiger partial charge in [0.25, 0.3) is 0 Å². The maximum atomic E-state index is 11.3. The number of hydrogen-bond acceptors (Lipinski definition) is 2. The van der Waals surface area contributed by atoms with Crippen LogP contribution < -0.4 is 10.6 Å². The summed E-state index contributed by atoms with van der Waals surface area (Å²) in [5.74, 6) is 0.0613. The summed E-state index contributed by atoms with van der Waals surface area (Å²) < 4.78 is 1.91. The van der Waals surface area contributed by atoms with Crippen LogP contribution in [0, 0.1) is 0 Å². The third-order valence-corrected chi connectivity index (χ3v) is 2.27. The Morgan fingerprint density at radius 2 is 2.25 bits per heavy atom. The minimum Gasteiger partial charge on any atom is -0.355 e. The average Bonchev–Trinajstić information content (AvgIpc) is 2.66. The van der Waals surface area contributed by atoms with Gasteiger partial charge in [-0.1, -0.05) is 6.92 Å². The molecule has 0 saturated heterocycles. The molecule has 1 aromatic rings. The summed E-state index contributed by atoms with van der Waals surface area (Å²) in [7, 11) is 0. The lowest BCUT2D eigenvalue weighted by molar-refractivity contribution is -0.121. The Morgan fingerprint density at radius 3 is 2.94 bits per heavy atom. The molecule has 0 spiro atoms. The number of likely N-dealkylation sites (N-methyl/N-ethyl adjacent to an activating group) is 1. The lowest BCUT2D eigenvalue weighted by Crippen LogP contribution is -2.26. The molecule has 1 aromatic heterocycles. The minimum atomic E-state index is 0.0613. The molecule has 0 aromatic carbocycles. The van der Waals surface area contributed by atoms with Crippen LogP contribution in [0.4, 0.5) is 0 Å². The summed E-state index contributed by atoms with van der Waals surface area (Å²) in [5, 5.41) is 6.11.